The molecule has 0 radical (unpaired) electrons. The highest BCUT2D eigenvalue weighted by molar-refractivity contribution is 9.10. The van der Waals surface area contributed by atoms with Gasteiger partial charge in [-0.05, 0) is 12.8 Å². The minimum Gasteiger partial charge on any atom is -0.391 e. The van der Waals surface area contributed by atoms with E-state index < -0.39 is 6.10 Å². The first-order valence-electron chi connectivity index (χ1n) is 4.75. The first-order chi connectivity index (χ1) is 6.65. The fraction of sp³-hybridized carbons (Fsp3) is 0.889. The zero-order valence-corrected chi connectivity index (χ0v) is 9.87. The maximum Gasteiger partial charge on any atom is 0.236 e. The van der Waals surface area contributed by atoms with E-state index in [0.717, 1.165) is 13.0 Å². The smallest absolute Gasteiger partial charge is 0.236 e. The first-order valence-corrected chi connectivity index (χ1v) is 5.66. The Balaban J connectivity index is 2.22. The summed E-state index contributed by atoms with van der Waals surface area (Å²) in [4.78, 5) is 13.2. The Kier molecular flexibility index (Phi) is 4.84. The van der Waals surface area contributed by atoms with Gasteiger partial charge in [-0.25, -0.2) is 0 Å². The Bertz CT molecular complexity index is 200. The van der Waals surface area contributed by atoms with Gasteiger partial charge in [-0.1, -0.05) is 15.9 Å². The van der Waals surface area contributed by atoms with E-state index in [0.29, 0.717) is 19.6 Å². The third-order valence-electron chi connectivity index (χ3n) is 2.32. The maximum atomic E-state index is 11.4. The monoisotopic (exact) mass is 265 g/mol. The van der Waals surface area contributed by atoms with Crippen LogP contribution in [-0.2, 0) is 9.53 Å². The van der Waals surface area contributed by atoms with E-state index in [4.69, 9.17) is 4.74 Å². The van der Waals surface area contributed by atoms with Crippen molar-refractivity contribution < 1.29 is 14.6 Å². The lowest BCUT2D eigenvalue weighted by molar-refractivity contribution is -0.127. The van der Waals surface area contributed by atoms with Gasteiger partial charge in [0.25, 0.3) is 0 Å². The van der Waals surface area contributed by atoms with Crippen molar-refractivity contribution >= 4 is 21.8 Å². The highest BCUT2D eigenvalue weighted by Gasteiger charge is 2.29. The number of hydrogen-bond donors (Lipinski definition) is 1. The van der Waals surface area contributed by atoms with Crippen molar-refractivity contribution in [1.82, 2.24) is 4.90 Å². The van der Waals surface area contributed by atoms with Crippen molar-refractivity contribution in [2.45, 2.75) is 23.8 Å². The summed E-state index contributed by atoms with van der Waals surface area (Å²) in [5.41, 5.74) is 0. The van der Waals surface area contributed by atoms with E-state index in [1.807, 2.05) is 0 Å². The molecule has 1 saturated heterocycles. The zero-order valence-electron chi connectivity index (χ0n) is 8.28. The van der Waals surface area contributed by atoms with Crippen molar-refractivity contribution in [3.63, 3.8) is 0 Å². The summed E-state index contributed by atoms with van der Waals surface area (Å²) in [6.07, 6.45) is 0.973. The molecular weight excluding hydrogens is 250 g/mol. The van der Waals surface area contributed by atoms with Crippen LogP contribution < -0.4 is 0 Å². The van der Waals surface area contributed by atoms with Gasteiger partial charge in [-0.3, -0.25) is 4.79 Å². The number of halogens is 1. The van der Waals surface area contributed by atoms with E-state index in [9.17, 15) is 9.90 Å². The van der Waals surface area contributed by atoms with Gasteiger partial charge >= 0.3 is 0 Å². The van der Waals surface area contributed by atoms with Crippen LogP contribution in [0.25, 0.3) is 0 Å². The molecule has 1 amide bonds. The molecule has 0 aliphatic carbocycles. The van der Waals surface area contributed by atoms with E-state index in [-0.39, 0.29) is 10.7 Å². The minimum atomic E-state index is -0.470. The number of aliphatic hydroxyl groups excluding tert-OH is 1. The number of carbonyl (C=O) groups is 1. The molecule has 1 fully saturated rings. The van der Waals surface area contributed by atoms with Crippen molar-refractivity contribution in [2.24, 2.45) is 0 Å². The number of alkyl halides is 1. The maximum absolute atomic E-state index is 11.4. The molecule has 0 aromatic heterocycles. The fourth-order valence-corrected chi connectivity index (χ4v) is 2.00. The SMILES string of the molecule is COCC(O)CCN1CCC(Br)C1=O. The van der Waals surface area contributed by atoms with Crippen LogP contribution in [-0.4, -0.2) is 53.7 Å². The molecule has 1 aliphatic rings. The molecular formula is C9H16BrNO3. The summed E-state index contributed by atoms with van der Waals surface area (Å²) in [6.45, 7) is 1.74. The number of hydrogen-bond acceptors (Lipinski definition) is 3. The van der Waals surface area contributed by atoms with Gasteiger partial charge in [0, 0.05) is 20.2 Å². The van der Waals surface area contributed by atoms with Crippen molar-refractivity contribution in [2.75, 3.05) is 26.8 Å². The van der Waals surface area contributed by atoms with Gasteiger partial charge in [0.2, 0.25) is 5.91 Å². The van der Waals surface area contributed by atoms with Crippen LogP contribution in [0.5, 0.6) is 0 Å². The normalized spacial score (nSPS) is 24.4. The molecule has 1 rings (SSSR count). The van der Waals surface area contributed by atoms with Crippen LogP contribution in [0.15, 0.2) is 0 Å². The molecule has 1 heterocycles. The van der Waals surface area contributed by atoms with Gasteiger partial charge in [-0.2, -0.15) is 0 Å². The predicted molar refractivity (Wildman–Crippen MR) is 56.4 cm³/mol. The van der Waals surface area contributed by atoms with Crippen LogP contribution in [0.4, 0.5) is 0 Å². The van der Waals surface area contributed by atoms with Crippen molar-refractivity contribution in [3.8, 4) is 0 Å². The second-order valence-corrected chi connectivity index (χ2v) is 4.58. The zero-order chi connectivity index (χ0) is 10.6. The average Bonchev–Trinajstić information content (AvgIpc) is 2.46. The molecule has 82 valence electrons. The Morgan fingerprint density at radius 2 is 2.50 bits per heavy atom. The summed E-state index contributed by atoms with van der Waals surface area (Å²) in [7, 11) is 1.55. The summed E-state index contributed by atoms with van der Waals surface area (Å²) in [6, 6.07) is 0. The van der Waals surface area contributed by atoms with Crippen molar-refractivity contribution in [1.29, 1.82) is 0 Å². The fourth-order valence-electron chi connectivity index (χ4n) is 1.50. The van der Waals surface area contributed by atoms with E-state index in [1.165, 1.54) is 0 Å². The minimum absolute atomic E-state index is 0.0259. The van der Waals surface area contributed by atoms with Crippen LogP contribution in [0.3, 0.4) is 0 Å². The standard InChI is InChI=1S/C9H16BrNO3/c1-14-6-7(12)2-4-11-5-3-8(10)9(11)13/h7-8,12H,2-6H2,1H3. The number of methoxy groups -OCH3 is 1. The van der Waals surface area contributed by atoms with Crippen molar-refractivity contribution in [3.05, 3.63) is 0 Å². The highest BCUT2D eigenvalue weighted by Crippen LogP contribution is 2.18. The molecule has 0 saturated carbocycles. The molecule has 1 N–H and O–H groups in total. The van der Waals surface area contributed by atoms with E-state index in [2.05, 4.69) is 15.9 Å². The van der Waals surface area contributed by atoms with Gasteiger partial charge in [-0.15, -0.1) is 0 Å². The van der Waals surface area contributed by atoms with Gasteiger partial charge in [0.1, 0.15) is 0 Å². The third-order valence-corrected chi connectivity index (χ3v) is 3.17. The molecule has 0 spiro atoms. The Labute approximate surface area is 92.3 Å². The number of rotatable bonds is 5. The summed E-state index contributed by atoms with van der Waals surface area (Å²) >= 11 is 3.30. The lowest BCUT2D eigenvalue weighted by Crippen LogP contribution is -2.31. The number of likely N-dealkylation sites (tertiary alicyclic amines) is 1. The number of nitrogens with zero attached hydrogens (tertiary/aromatic N) is 1. The lowest BCUT2D eigenvalue weighted by Gasteiger charge is -2.17. The molecule has 0 bridgehead atoms. The molecule has 2 atom stereocenters. The molecule has 2 unspecified atom stereocenters. The van der Waals surface area contributed by atoms with Gasteiger partial charge in [0.05, 0.1) is 17.5 Å². The summed E-state index contributed by atoms with van der Waals surface area (Å²) < 4.78 is 4.80. The molecule has 5 heteroatoms. The van der Waals surface area contributed by atoms with Crippen LogP contribution in [0, 0.1) is 0 Å². The average molecular weight is 266 g/mol. The highest BCUT2D eigenvalue weighted by atomic mass is 79.9. The summed E-state index contributed by atoms with van der Waals surface area (Å²) in [5, 5.41) is 9.39. The lowest BCUT2D eigenvalue weighted by atomic mass is 10.2. The van der Waals surface area contributed by atoms with Crippen LogP contribution >= 0.6 is 15.9 Å². The van der Waals surface area contributed by atoms with E-state index in [1.54, 1.807) is 12.0 Å². The second-order valence-electron chi connectivity index (χ2n) is 3.48. The third kappa shape index (κ3) is 3.22. The molecule has 1 aliphatic heterocycles. The van der Waals surface area contributed by atoms with Gasteiger partial charge < -0.3 is 14.7 Å². The quantitative estimate of drug-likeness (QED) is 0.732. The number of aliphatic hydroxyl groups is 1. The summed E-state index contributed by atoms with van der Waals surface area (Å²) in [5.74, 6) is 0.134. The number of carbonyl (C=O) groups excluding carboxylic acids is 1. The predicted octanol–water partition coefficient (Wildman–Crippen LogP) is 0.380. The van der Waals surface area contributed by atoms with Gasteiger partial charge in [0.15, 0.2) is 0 Å². The topological polar surface area (TPSA) is 49.8 Å². The van der Waals surface area contributed by atoms with Crippen LogP contribution in [0.2, 0.25) is 0 Å². The van der Waals surface area contributed by atoms with E-state index >= 15 is 0 Å². The second kappa shape index (κ2) is 5.68. The molecule has 0 aromatic carbocycles. The molecule has 0 aromatic rings. The number of amides is 1. The number of ether oxygens (including phenoxy) is 1. The Morgan fingerprint density at radius 3 is 3.00 bits per heavy atom. The van der Waals surface area contributed by atoms with Crippen LogP contribution in [0.1, 0.15) is 12.8 Å². The Hall–Kier alpha value is -0.130. The molecule has 14 heavy (non-hydrogen) atoms. The Morgan fingerprint density at radius 1 is 1.79 bits per heavy atom. The first kappa shape index (κ1) is 11.9. The molecule has 4 nitrogen and oxygen atoms in total. The largest absolute Gasteiger partial charge is 0.391 e.